The minimum atomic E-state index is -0.789. The van der Waals surface area contributed by atoms with Gasteiger partial charge in [-0.3, -0.25) is 0 Å². The number of nitriles is 1. The third-order valence-electron chi connectivity index (χ3n) is 5.41. The summed E-state index contributed by atoms with van der Waals surface area (Å²) < 4.78 is 5.84. The first kappa shape index (κ1) is 11.5. The van der Waals surface area contributed by atoms with Crippen LogP contribution in [0.25, 0.3) is 0 Å². The van der Waals surface area contributed by atoms with Gasteiger partial charge in [-0.25, -0.2) is 0 Å². The Balaban J connectivity index is 1.89. The molecule has 1 N–H and O–H groups in total. The molecule has 5 unspecified atom stereocenters. The van der Waals surface area contributed by atoms with E-state index in [1.807, 2.05) is 0 Å². The van der Waals surface area contributed by atoms with E-state index in [-0.39, 0.29) is 12.2 Å². The third-order valence-corrected chi connectivity index (χ3v) is 5.41. The molecule has 3 fully saturated rings. The molecule has 3 heteroatoms. The van der Waals surface area contributed by atoms with E-state index in [4.69, 9.17) is 4.74 Å². The fourth-order valence-electron chi connectivity index (χ4n) is 4.30. The van der Waals surface area contributed by atoms with Crippen molar-refractivity contribution in [2.75, 3.05) is 0 Å². The summed E-state index contributed by atoms with van der Waals surface area (Å²) in [4.78, 5) is 0. The van der Waals surface area contributed by atoms with Crippen LogP contribution < -0.4 is 0 Å². The lowest BCUT2D eigenvalue weighted by Crippen LogP contribution is -2.51. The van der Waals surface area contributed by atoms with Crippen molar-refractivity contribution in [3.8, 4) is 6.07 Å². The number of nitrogens with zero attached hydrogens (tertiary/aromatic N) is 1. The van der Waals surface area contributed by atoms with E-state index >= 15 is 0 Å². The lowest BCUT2D eigenvalue weighted by atomic mass is 9.63. The fraction of sp³-hybridized carbons (Fsp3) is 0.929. The predicted octanol–water partition coefficient (Wildman–Crippen LogP) is 2.39. The van der Waals surface area contributed by atoms with Crippen LogP contribution in [-0.2, 0) is 4.74 Å². The average Bonchev–Trinajstić information content (AvgIpc) is 3.02. The second-order valence-electron chi connectivity index (χ2n) is 6.16. The van der Waals surface area contributed by atoms with Crippen LogP contribution in [0.15, 0.2) is 0 Å². The Kier molecular flexibility index (Phi) is 2.50. The van der Waals surface area contributed by atoms with Gasteiger partial charge in [0.15, 0.2) is 0 Å². The van der Waals surface area contributed by atoms with Crippen molar-refractivity contribution in [1.82, 2.24) is 0 Å². The fourth-order valence-corrected chi connectivity index (χ4v) is 4.30. The molecule has 0 amide bonds. The summed E-state index contributed by atoms with van der Waals surface area (Å²) in [6, 6.07) is 2.46. The van der Waals surface area contributed by atoms with Crippen LogP contribution in [-0.4, -0.2) is 22.9 Å². The highest BCUT2D eigenvalue weighted by molar-refractivity contribution is 5.22. The maximum atomic E-state index is 11.0. The van der Waals surface area contributed by atoms with Gasteiger partial charge >= 0.3 is 0 Å². The van der Waals surface area contributed by atoms with E-state index < -0.39 is 11.0 Å². The van der Waals surface area contributed by atoms with Gasteiger partial charge in [-0.05, 0) is 44.4 Å². The van der Waals surface area contributed by atoms with Crippen LogP contribution in [0.1, 0.15) is 51.9 Å². The van der Waals surface area contributed by atoms with Crippen molar-refractivity contribution in [2.45, 2.75) is 69.7 Å². The van der Waals surface area contributed by atoms with Crippen molar-refractivity contribution in [1.29, 1.82) is 5.26 Å². The van der Waals surface area contributed by atoms with Crippen LogP contribution in [0.2, 0.25) is 0 Å². The predicted molar refractivity (Wildman–Crippen MR) is 63.1 cm³/mol. The van der Waals surface area contributed by atoms with E-state index in [1.54, 1.807) is 0 Å². The summed E-state index contributed by atoms with van der Waals surface area (Å²) in [6.07, 6.45) is 6.74. The molecule has 1 saturated carbocycles. The molecule has 3 nitrogen and oxygen atoms in total. The van der Waals surface area contributed by atoms with Crippen molar-refractivity contribution in [3.05, 3.63) is 0 Å². The molecule has 2 bridgehead atoms. The molecule has 0 spiro atoms. The summed E-state index contributed by atoms with van der Waals surface area (Å²) in [5, 5.41) is 20.6. The van der Waals surface area contributed by atoms with Crippen molar-refractivity contribution >= 4 is 0 Å². The van der Waals surface area contributed by atoms with E-state index in [2.05, 4.69) is 13.0 Å². The van der Waals surface area contributed by atoms with E-state index in [1.165, 1.54) is 0 Å². The van der Waals surface area contributed by atoms with Crippen LogP contribution in [0.3, 0.4) is 0 Å². The molecule has 0 aromatic rings. The minimum Gasteiger partial charge on any atom is -0.388 e. The molecule has 94 valence electrons. The highest BCUT2D eigenvalue weighted by atomic mass is 16.5. The molecule has 0 aromatic heterocycles. The zero-order valence-electron chi connectivity index (χ0n) is 10.5. The third kappa shape index (κ3) is 1.41. The van der Waals surface area contributed by atoms with Gasteiger partial charge in [-0.15, -0.1) is 0 Å². The van der Waals surface area contributed by atoms with Gasteiger partial charge in [-0.2, -0.15) is 5.26 Å². The van der Waals surface area contributed by atoms with Crippen LogP contribution in [0.4, 0.5) is 0 Å². The zero-order chi connectivity index (χ0) is 12.1. The van der Waals surface area contributed by atoms with Gasteiger partial charge in [0.1, 0.15) is 5.41 Å². The quantitative estimate of drug-likeness (QED) is 0.799. The summed E-state index contributed by atoms with van der Waals surface area (Å²) in [6.45, 7) is 2.17. The Bertz CT molecular complexity index is 364. The summed E-state index contributed by atoms with van der Waals surface area (Å²) >= 11 is 0. The van der Waals surface area contributed by atoms with Crippen molar-refractivity contribution in [3.63, 3.8) is 0 Å². The Morgan fingerprint density at radius 2 is 2.18 bits per heavy atom. The molecule has 2 saturated heterocycles. The van der Waals surface area contributed by atoms with Gasteiger partial charge < -0.3 is 9.84 Å². The van der Waals surface area contributed by atoms with Gasteiger partial charge in [0.05, 0.1) is 23.9 Å². The van der Waals surface area contributed by atoms with Gasteiger partial charge in [-0.1, -0.05) is 13.3 Å². The zero-order valence-corrected chi connectivity index (χ0v) is 10.5. The highest BCUT2D eigenvalue weighted by Crippen LogP contribution is 2.58. The van der Waals surface area contributed by atoms with E-state index in [9.17, 15) is 10.4 Å². The number of ether oxygens (including phenoxy) is 1. The maximum absolute atomic E-state index is 11.0. The standard InChI is InChI=1S/C14H21NO2/c1-2-10-5-6-14(16,7-10)13(9-15)8-11-3-4-12(13)17-11/h10-12,16H,2-8H2,1H3. The van der Waals surface area contributed by atoms with Crippen LogP contribution in [0, 0.1) is 22.7 Å². The maximum Gasteiger partial charge on any atom is 0.114 e. The summed E-state index contributed by atoms with van der Waals surface area (Å²) in [7, 11) is 0. The average molecular weight is 235 g/mol. The van der Waals surface area contributed by atoms with Crippen molar-refractivity contribution in [2.24, 2.45) is 11.3 Å². The topological polar surface area (TPSA) is 53.2 Å². The van der Waals surface area contributed by atoms with Crippen LogP contribution >= 0.6 is 0 Å². The van der Waals surface area contributed by atoms with Gasteiger partial charge in [0, 0.05) is 0 Å². The molecular formula is C14H21NO2. The molecule has 1 aliphatic carbocycles. The second kappa shape index (κ2) is 3.70. The SMILES string of the molecule is CCC1CCC(O)(C2(C#N)CC3CCC2O3)C1. The monoisotopic (exact) mass is 235 g/mol. The molecule has 0 radical (unpaired) electrons. The summed E-state index contributed by atoms with van der Waals surface area (Å²) in [5.41, 5.74) is -1.40. The Morgan fingerprint density at radius 3 is 2.65 bits per heavy atom. The molecule has 2 heterocycles. The minimum absolute atomic E-state index is 0.0156. The number of rotatable bonds is 2. The first-order valence-electron chi connectivity index (χ1n) is 6.92. The Labute approximate surface area is 103 Å². The Morgan fingerprint density at radius 1 is 1.35 bits per heavy atom. The lowest BCUT2D eigenvalue weighted by molar-refractivity contribution is -0.0824. The van der Waals surface area contributed by atoms with Gasteiger partial charge in [0.2, 0.25) is 0 Å². The molecule has 17 heavy (non-hydrogen) atoms. The Hall–Kier alpha value is -0.590. The number of hydrogen-bond donors (Lipinski definition) is 1. The van der Waals surface area contributed by atoms with E-state index in [0.29, 0.717) is 5.92 Å². The molecular weight excluding hydrogens is 214 g/mol. The summed E-state index contributed by atoms with van der Waals surface area (Å²) in [5.74, 6) is 0.587. The van der Waals surface area contributed by atoms with E-state index in [0.717, 1.165) is 44.9 Å². The number of hydrogen-bond acceptors (Lipinski definition) is 3. The first-order chi connectivity index (χ1) is 8.13. The first-order valence-corrected chi connectivity index (χ1v) is 6.92. The second-order valence-corrected chi connectivity index (χ2v) is 6.16. The number of aliphatic hydroxyl groups is 1. The van der Waals surface area contributed by atoms with Crippen LogP contribution in [0.5, 0.6) is 0 Å². The molecule has 5 atom stereocenters. The normalized spacial score (nSPS) is 52.9. The molecule has 0 aromatic carbocycles. The largest absolute Gasteiger partial charge is 0.388 e. The number of fused-ring (bicyclic) bond motifs is 2. The highest BCUT2D eigenvalue weighted by Gasteiger charge is 2.64. The lowest BCUT2D eigenvalue weighted by Gasteiger charge is -2.41. The van der Waals surface area contributed by atoms with Crippen molar-refractivity contribution < 1.29 is 9.84 Å². The van der Waals surface area contributed by atoms with Gasteiger partial charge in [0.25, 0.3) is 0 Å². The molecule has 3 rings (SSSR count). The molecule has 3 aliphatic rings. The molecule has 2 aliphatic heterocycles. The smallest absolute Gasteiger partial charge is 0.114 e.